The zero-order chi connectivity index (χ0) is 7.86. The van der Waals surface area contributed by atoms with Crippen molar-refractivity contribution < 1.29 is 0 Å². The molecular weight excluding hydrogens is 229 g/mol. The number of hydrogen-bond acceptors (Lipinski definition) is 0. The Labute approximate surface area is 68.9 Å². The van der Waals surface area contributed by atoms with Crippen molar-refractivity contribution in [3.05, 3.63) is 11.5 Å². The van der Waals surface area contributed by atoms with E-state index in [0.29, 0.717) is 0 Å². The summed E-state index contributed by atoms with van der Waals surface area (Å²) in [5.41, 5.74) is 0. The second-order valence-electron chi connectivity index (χ2n) is 2.78. The van der Waals surface area contributed by atoms with Gasteiger partial charge in [-0.25, -0.2) is 0 Å². The molecule has 0 saturated heterocycles. The minimum absolute atomic E-state index is 0.333. The molecule has 0 amide bonds. The standard InChI is InChI=1S/C4H9Ge.C3H9Ge/c1-4-5(2)3;1-4(2)3/h4H,1H2,2-3H3;1-3H3. The van der Waals surface area contributed by atoms with Gasteiger partial charge in [0.2, 0.25) is 0 Å². The molecule has 2 heteroatoms. The van der Waals surface area contributed by atoms with Gasteiger partial charge >= 0.3 is 69.0 Å². The summed E-state index contributed by atoms with van der Waals surface area (Å²) in [6.07, 6.45) is 0. The molecule has 0 aliphatic carbocycles. The van der Waals surface area contributed by atoms with E-state index in [1.54, 1.807) is 0 Å². The molecule has 2 radical (unpaired) electrons. The fourth-order valence-corrected chi connectivity index (χ4v) is 0. The molecule has 54 valence electrons. The van der Waals surface area contributed by atoms with Crippen molar-refractivity contribution in [2.75, 3.05) is 0 Å². The number of rotatable bonds is 1. The second-order valence-corrected chi connectivity index (χ2v) is 14.5. The second kappa shape index (κ2) is 8.83. The average molecular weight is 247 g/mol. The minimum atomic E-state index is -0.593. The van der Waals surface area contributed by atoms with Crippen LogP contribution in [0.5, 0.6) is 0 Å². The van der Waals surface area contributed by atoms with Gasteiger partial charge in [0.05, 0.1) is 0 Å². The summed E-state index contributed by atoms with van der Waals surface area (Å²) in [7, 11) is 0. The molecule has 0 aliphatic rings. The molecule has 0 atom stereocenters. The van der Waals surface area contributed by atoms with Crippen molar-refractivity contribution in [1.29, 1.82) is 0 Å². The van der Waals surface area contributed by atoms with E-state index in [-0.39, 0.29) is 14.3 Å². The molecule has 0 spiro atoms. The Balaban J connectivity index is 0. The Morgan fingerprint density at radius 1 is 1.00 bits per heavy atom. The third kappa shape index (κ3) is 51.5. The van der Waals surface area contributed by atoms with Crippen molar-refractivity contribution in [2.24, 2.45) is 0 Å². The molecule has 0 fully saturated rings. The van der Waals surface area contributed by atoms with Crippen LogP contribution in [0.1, 0.15) is 0 Å². The summed E-state index contributed by atoms with van der Waals surface area (Å²) in [4.78, 5) is 2.08. The van der Waals surface area contributed by atoms with E-state index in [1.165, 1.54) is 0 Å². The molecule has 0 heterocycles. The van der Waals surface area contributed by atoms with Crippen molar-refractivity contribution in [1.82, 2.24) is 0 Å². The van der Waals surface area contributed by atoms with E-state index < -0.39 is 14.3 Å². The molecule has 0 aromatic rings. The third-order valence-corrected chi connectivity index (χ3v) is 2.12. The van der Waals surface area contributed by atoms with E-state index in [0.717, 1.165) is 0 Å². The van der Waals surface area contributed by atoms with Crippen LogP contribution in [0, 0.1) is 0 Å². The Kier molecular flexibility index (Phi) is 12.3. The van der Waals surface area contributed by atoms with Crippen LogP contribution in [0.2, 0.25) is 28.8 Å². The van der Waals surface area contributed by atoms with Gasteiger partial charge in [0.15, 0.2) is 0 Å². The Morgan fingerprint density at radius 3 is 1.11 bits per heavy atom. The van der Waals surface area contributed by atoms with Gasteiger partial charge in [0.1, 0.15) is 0 Å². The van der Waals surface area contributed by atoms with Gasteiger partial charge in [-0.1, -0.05) is 0 Å². The van der Waals surface area contributed by atoms with Gasteiger partial charge in [0, 0.05) is 0 Å². The summed E-state index contributed by atoms with van der Waals surface area (Å²) >= 11 is -0.926. The summed E-state index contributed by atoms with van der Waals surface area (Å²) in [5, 5.41) is 0. The molecule has 0 N–H and O–H groups in total. The summed E-state index contributed by atoms with van der Waals surface area (Å²) in [6, 6.07) is 0. The van der Waals surface area contributed by atoms with Crippen LogP contribution in [0.15, 0.2) is 11.5 Å². The molecule has 9 heavy (non-hydrogen) atoms. The van der Waals surface area contributed by atoms with Crippen molar-refractivity contribution in [3.8, 4) is 0 Å². The van der Waals surface area contributed by atoms with E-state index in [1.807, 2.05) is 0 Å². The quantitative estimate of drug-likeness (QED) is 0.625. The molecule has 0 aromatic carbocycles. The third-order valence-electron chi connectivity index (χ3n) is 0.408. The monoisotopic (exact) mass is 250 g/mol. The van der Waals surface area contributed by atoms with Crippen LogP contribution < -0.4 is 0 Å². The van der Waals surface area contributed by atoms with Crippen LogP contribution in [-0.4, -0.2) is 28.7 Å². The first kappa shape index (κ1) is 12.5. The molecule has 0 rings (SSSR count). The first-order valence-electron chi connectivity index (χ1n) is 3.20. The molecule has 0 aliphatic heterocycles. The van der Waals surface area contributed by atoms with Crippen LogP contribution in [-0.2, 0) is 0 Å². The van der Waals surface area contributed by atoms with Crippen LogP contribution in [0.25, 0.3) is 0 Å². The topological polar surface area (TPSA) is 0 Å². The average Bonchev–Trinajstić information content (AvgIpc) is 1.65. The van der Waals surface area contributed by atoms with E-state index in [4.69, 9.17) is 0 Å². The molecule has 0 saturated carbocycles. The fourth-order valence-electron chi connectivity index (χ4n) is 0. The Morgan fingerprint density at radius 2 is 1.11 bits per heavy atom. The summed E-state index contributed by atoms with van der Waals surface area (Å²) in [6.45, 7) is 3.63. The zero-order valence-corrected chi connectivity index (χ0v) is 11.5. The van der Waals surface area contributed by atoms with Crippen LogP contribution >= 0.6 is 0 Å². The van der Waals surface area contributed by atoms with E-state index >= 15 is 0 Å². The fraction of sp³-hybridized carbons (Fsp3) is 0.714. The molecule has 0 nitrogen and oxygen atoms in total. The predicted octanol–water partition coefficient (Wildman–Crippen LogP) is 2.84. The maximum atomic E-state index is 3.63. The zero-order valence-electron chi connectivity index (χ0n) is 7.28. The van der Waals surface area contributed by atoms with Crippen molar-refractivity contribution in [2.45, 2.75) is 28.8 Å². The molecule has 0 unspecified atom stereocenters. The molecule has 0 bridgehead atoms. The van der Waals surface area contributed by atoms with Gasteiger partial charge in [-0.3, -0.25) is 0 Å². The Hall–Kier alpha value is 0.826. The number of hydrogen-bond donors (Lipinski definition) is 0. The first-order chi connectivity index (χ1) is 4.00. The van der Waals surface area contributed by atoms with Gasteiger partial charge in [-0.15, -0.1) is 0 Å². The van der Waals surface area contributed by atoms with E-state index in [2.05, 4.69) is 40.3 Å². The molecular formula is C7H18Ge2. The summed E-state index contributed by atoms with van der Waals surface area (Å²) in [5.74, 6) is 11.5. The van der Waals surface area contributed by atoms with Crippen molar-refractivity contribution in [3.63, 3.8) is 0 Å². The van der Waals surface area contributed by atoms with Crippen LogP contribution in [0.3, 0.4) is 0 Å². The normalized spacial score (nSPS) is 8.78. The van der Waals surface area contributed by atoms with Gasteiger partial charge < -0.3 is 0 Å². The van der Waals surface area contributed by atoms with Crippen LogP contribution in [0.4, 0.5) is 0 Å². The van der Waals surface area contributed by atoms with Gasteiger partial charge in [-0.05, 0) is 0 Å². The predicted molar refractivity (Wildman–Crippen MR) is 51.0 cm³/mol. The SMILES string of the molecule is C=[CH][Ge]([CH3])[CH3].[CH3][Ge]([CH3])[CH3]. The van der Waals surface area contributed by atoms with E-state index in [9.17, 15) is 0 Å². The van der Waals surface area contributed by atoms with Crippen molar-refractivity contribution >= 4 is 28.7 Å². The van der Waals surface area contributed by atoms with Gasteiger partial charge in [0.25, 0.3) is 0 Å². The maximum absolute atomic E-state index is 3.63. The first-order valence-corrected chi connectivity index (χ1v) is 14.9. The Bertz CT molecular complexity index is 55.2. The molecule has 0 aromatic heterocycles. The van der Waals surface area contributed by atoms with Gasteiger partial charge in [-0.2, -0.15) is 0 Å². The summed E-state index contributed by atoms with van der Waals surface area (Å²) < 4.78 is 0.